The number of hydrogen-bond donors (Lipinski definition) is 3. The quantitative estimate of drug-likeness (QED) is 0.212. The van der Waals surface area contributed by atoms with Crippen molar-refractivity contribution in [3.8, 4) is 11.1 Å². The molecule has 4 aromatic rings. The second-order valence-electron chi connectivity index (χ2n) is 10.1. The van der Waals surface area contributed by atoms with Gasteiger partial charge in [0.1, 0.15) is 11.6 Å². The van der Waals surface area contributed by atoms with Crippen LogP contribution in [0.25, 0.3) is 22.1 Å². The third-order valence-electron chi connectivity index (χ3n) is 6.90. The molecule has 1 atom stereocenters. The van der Waals surface area contributed by atoms with Gasteiger partial charge in [-0.3, -0.25) is 9.59 Å². The van der Waals surface area contributed by atoms with Gasteiger partial charge < -0.3 is 19.6 Å². The number of ether oxygens (including phenoxy) is 1. The number of methoxy groups -OCH3 is 1. The fourth-order valence-corrected chi connectivity index (χ4v) is 5.99. The van der Waals surface area contributed by atoms with Gasteiger partial charge in [0.15, 0.2) is 5.76 Å². The summed E-state index contributed by atoms with van der Waals surface area (Å²) in [5.41, 5.74) is 4.58. The summed E-state index contributed by atoms with van der Waals surface area (Å²) in [4.78, 5) is 25.1. The number of fused-ring (bicyclic) bond motifs is 1. The Morgan fingerprint density at radius 1 is 0.976 bits per heavy atom. The third kappa shape index (κ3) is 6.67. The summed E-state index contributed by atoms with van der Waals surface area (Å²) < 4.78 is 38.7. The van der Waals surface area contributed by atoms with E-state index < -0.39 is 22.0 Å². The Hall–Kier alpha value is -3.99. The second kappa shape index (κ2) is 12.7. The number of rotatable bonds is 11. The molecule has 3 aromatic carbocycles. The van der Waals surface area contributed by atoms with E-state index >= 15 is 0 Å². The normalized spacial score (nSPS) is 12.4. The van der Waals surface area contributed by atoms with Crippen LogP contribution in [0.5, 0.6) is 0 Å². The van der Waals surface area contributed by atoms with Gasteiger partial charge in [-0.15, -0.1) is 0 Å². The van der Waals surface area contributed by atoms with E-state index in [-0.39, 0.29) is 29.1 Å². The molecule has 10 heteroatoms. The lowest BCUT2D eigenvalue weighted by Crippen LogP contribution is -2.44. The standard InChI is InChI=1S/C31H34N2O7S/c1-19(2)28(31(36)39-4)33-41(37,38)25-16-12-22(13-17-25)21-10-14-24(15-11-21)32-30(35)29-20(3)27-23(8-6-18-34)7-5-9-26(27)40-29/h5,7,9-17,19,28,33-34H,6,8,18H2,1-4H3,(H,32,35)/t28-/m0/s1. The number of amides is 1. The van der Waals surface area contributed by atoms with E-state index in [9.17, 15) is 23.1 Å². The topological polar surface area (TPSA) is 135 Å². The number of nitrogens with one attached hydrogen (secondary N) is 2. The summed E-state index contributed by atoms with van der Waals surface area (Å²) in [6, 6.07) is 18.1. The van der Waals surface area contributed by atoms with Crippen LogP contribution in [0, 0.1) is 12.8 Å². The van der Waals surface area contributed by atoms with E-state index in [1.165, 1.54) is 19.2 Å². The Morgan fingerprint density at radius 3 is 2.20 bits per heavy atom. The zero-order chi connectivity index (χ0) is 29.7. The number of anilines is 1. The van der Waals surface area contributed by atoms with Crippen molar-refractivity contribution < 1.29 is 32.3 Å². The molecule has 0 aliphatic carbocycles. The van der Waals surface area contributed by atoms with E-state index in [1.807, 2.05) is 37.3 Å². The third-order valence-corrected chi connectivity index (χ3v) is 8.35. The minimum atomic E-state index is -3.94. The Balaban J connectivity index is 1.47. The van der Waals surface area contributed by atoms with Gasteiger partial charge in [0, 0.05) is 23.2 Å². The maximum atomic E-state index is 13.1. The van der Waals surface area contributed by atoms with Gasteiger partial charge in [-0.25, -0.2) is 8.42 Å². The Bertz CT molecular complexity index is 1640. The predicted molar refractivity (Wildman–Crippen MR) is 157 cm³/mol. The van der Waals surface area contributed by atoms with Crippen molar-refractivity contribution in [3.05, 3.63) is 83.6 Å². The van der Waals surface area contributed by atoms with Gasteiger partial charge in [-0.1, -0.05) is 50.2 Å². The van der Waals surface area contributed by atoms with Crippen LogP contribution in [0.3, 0.4) is 0 Å². The molecule has 0 spiro atoms. The highest BCUT2D eigenvalue weighted by Crippen LogP contribution is 2.30. The first-order valence-corrected chi connectivity index (χ1v) is 14.8. The number of aliphatic hydroxyl groups excluding tert-OH is 1. The highest BCUT2D eigenvalue weighted by Gasteiger charge is 2.29. The maximum absolute atomic E-state index is 13.1. The molecule has 0 aliphatic rings. The molecule has 41 heavy (non-hydrogen) atoms. The van der Waals surface area contributed by atoms with E-state index in [1.54, 1.807) is 38.1 Å². The first-order chi connectivity index (χ1) is 19.6. The first-order valence-electron chi connectivity index (χ1n) is 13.3. The molecule has 0 fully saturated rings. The Kier molecular flexibility index (Phi) is 9.27. The molecule has 1 amide bonds. The lowest BCUT2D eigenvalue weighted by atomic mass is 10.0. The zero-order valence-corrected chi connectivity index (χ0v) is 24.2. The number of carbonyl (C=O) groups excluding carboxylic acids is 2. The van der Waals surface area contributed by atoms with Crippen molar-refractivity contribution in [1.82, 2.24) is 4.72 Å². The van der Waals surface area contributed by atoms with Gasteiger partial charge in [0.2, 0.25) is 10.0 Å². The predicted octanol–water partition coefficient (Wildman–Crippen LogP) is 5.06. The molecule has 216 valence electrons. The summed E-state index contributed by atoms with van der Waals surface area (Å²) in [5.74, 6) is -1.07. The summed E-state index contributed by atoms with van der Waals surface area (Å²) in [7, 11) is -2.73. The van der Waals surface area contributed by atoms with Crippen LogP contribution in [0.4, 0.5) is 5.69 Å². The van der Waals surface area contributed by atoms with Crippen molar-refractivity contribution in [2.75, 3.05) is 19.0 Å². The number of carbonyl (C=O) groups is 2. The van der Waals surface area contributed by atoms with E-state index in [0.717, 1.165) is 27.6 Å². The molecule has 1 heterocycles. The smallest absolute Gasteiger partial charge is 0.324 e. The monoisotopic (exact) mass is 578 g/mol. The fraction of sp³-hybridized carbons (Fsp3) is 0.290. The number of esters is 1. The highest BCUT2D eigenvalue weighted by molar-refractivity contribution is 7.89. The van der Waals surface area contributed by atoms with Crippen LogP contribution in [0.1, 0.15) is 41.9 Å². The maximum Gasteiger partial charge on any atom is 0.324 e. The van der Waals surface area contributed by atoms with Crippen LogP contribution in [0.15, 0.2) is 76.0 Å². The number of furan rings is 1. The molecule has 0 unspecified atom stereocenters. The van der Waals surface area contributed by atoms with Crippen molar-refractivity contribution in [3.63, 3.8) is 0 Å². The lowest BCUT2D eigenvalue weighted by molar-refractivity contribution is -0.143. The van der Waals surface area contributed by atoms with E-state index in [4.69, 9.17) is 9.15 Å². The summed E-state index contributed by atoms with van der Waals surface area (Å²) >= 11 is 0. The minimum Gasteiger partial charge on any atom is -0.468 e. The Labute approximate surface area is 239 Å². The number of sulfonamides is 1. The van der Waals surface area contributed by atoms with Gasteiger partial charge >= 0.3 is 5.97 Å². The van der Waals surface area contributed by atoms with Crippen molar-refractivity contribution in [2.24, 2.45) is 5.92 Å². The number of benzene rings is 3. The van der Waals surface area contributed by atoms with Crippen LogP contribution < -0.4 is 10.0 Å². The second-order valence-corrected chi connectivity index (χ2v) is 11.8. The molecule has 0 radical (unpaired) electrons. The minimum absolute atomic E-state index is 0.0282. The zero-order valence-electron chi connectivity index (χ0n) is 23.4. The van der Waals surface area contributed by atoms with Crippen LogP contribution in [0.2, 0.25) is 0 Å². The van der Waals surface area contributed by atoms with Gasteiger partial charge in [-0.2, -0.15) is 4.72 Å². The molecule has 9 nitrogen and oxygen atoms in total. The average molecular weight is 579 g/mol. The van der Waals surface area contributed by atoms with Crippen LogP contribution >= 0.6 is 0 Å². The molecule has 0 saturated carbocycles. The summed E-state index contributed by atoms with van der Waals surface area (Å²) in [5, 5.41) is 13.0. The number of aryl methyl sites for hydroxylation is 2. The molecule has 0 aliphatic heterocycles. The summed E-state index contributed by atoms with van der Waals surface area (Å²) in [6.07, 6.45) is 1.31. The molecular formula is C31H34N2O7S. The largest absolute Gasteiger partial charge is 0.468 e. The SMILES string of the molecule is COC(=O)[C@@H](NS(=O)(=O)c1ccc(-c2ccc(NC(=O)c3oc4cccc(CCCO)c4c3C)cc2)cc1)C(C)C. The molecular weight excluding hydrogens is 544 g/mol. The van der Waals surface area contributed by atoms with Gasteiger partial charge in [-0.05, 0) is 72.7 Å². The van der Waals surface area contributed by atoms with Crippen molar-refractivity contribution in [2.45, 2.75) is 44.6 Å². The van der Waals surface area contributed by atoms with Crippen LogP contribution in [-0.2, 0) is 26.0 Å². The molecule has 4 rings (SSSR count). The molecule has 0 saturated heterocycles. The van der Waals surface area contributed by atoms with E-state index in [2.05, 4.69) is 10.0 Å². The average Bonchev–Trinajstić information content (AvgIpc) is 3.31. The van der Waals surface area contributed by atoms with Crippen molar-refractivity contribution in [1.29, 1.82) is 0 Å². The van der Waals surface area contributed by atoms with E-state index in [0.29, 0.717) is 24.1 Å². The van der Waals surface area contributed by atoms with Gasteiger partial charge in [0.05, 0.1) is 12.0 Å². The van der Waals surface area contributed by atoms with Gasteiger partial charge in [0.25, 0.3) is 5.91 Å². The molecule has 3 N–H and O–H groups in total. The fourth-order valence-electron chi connectivity index (χ4n) is 4.66. The highest BCUT2D eigenvalue weighted by atomic mass is 32.2. The number of aliphatic hydroxyl groups is 1. The van der Waals surface area contributed by atoms with Crippen molar-refractivity contribution >= 4 is 38.6 Å². The van der Waals surface area contributed by atoms with Crippen LogP contribution in [-0.4, -0.2) is 45.2 Å². The molecule has 1 aromatic heterocycles. The first kappa shape index (κ1) is 30.0. The molecule has 0 bridgehead atoms. The summed E-state index contributed by atoms with van der Waals surface area (Å²) in [6.45, 7) is 5.40. The lowest BCUT2D eigenvalue weighted by Gasteiger charge is -2.19. The number of hydrogen-bond acceptors (Lipinski definition) is 7. The Morgan fingerprint density at radius 2 is 1.61 bits per heavy atom.